The highest BCUT2D eigenvalue weighted by Crippen LogP contribution is 2.41. The first-order valence-corrected chi connectivity index (χ1v) is 17.0. The van der Waals surface area contributed by atoms with Gasteiger partial charge in [-0.05, 0) is 139 Å². The van der Waals surface area contributed by atoms with Crippen LogP contribution < -0.4 is 0 Å². The van der Waals surface area contributed by atoms with Crippen molar-refractivity contribution in [3.05, 3.63) is 157 Å². The van der Waals surface area contributed by atoms with Gasteiger partial charge in [-0.3, -0.25) is 0 Å². The Morgan fingerprint density at radius 1 is 0.292 bits per heavy atom. The van der Waals surface area contributed by atoms with E-state index in [2.05, 4.69) is 172 Å². The summed E-state index contributed by atoms with van der Waals surface area (Å²) < 4.78 is 0. The smallest absolute Gasteiger partial charge is 0.00264 e. The van der Waals surface area contributed by atoms with E-state index in [1.54, 1.807) is 0 Å². The lowest BCUT2D eigenvalue weighted by Gasteiger charge is -2.21. The normalized spacial score (nSPS) is 12.5. The SMILES string of the molecule is CC(C)(C)c1cc2ccc3cc(-c4ccc5ccc6c7cc(-c8ccc9ccccc9c8)ccc7ccc6c5c4)cc4ccc(c1)c2c34. The van der Waals surface area contributed by atoms with E-state index in [9.17, 15) is 0 Å². The van der Waals surface area contributed by atoms with E-state index in [4.69, 9.17) is 0 Å². The highest BCUT2D eigenvalue weighted by Gasteiger charge is 2.18. The Labute approximate surface area is 280 Å². The molecule has 0 aliphatic carbocycles. The molecular formula is C48H34. The summed E-state index contributed by atoms with van der Waals surface area (Å²) in [6.45, 7) is 6.89. The number of benzene rings is 10. The molecule has 0 heteroatoms. The van der Waals surface area contributed by atoms with Gasteiger partial charge in [-0.2, -0.15) is 0 Å². The van der Waals surface area contributed by atoms with Gasteiger partial charge in [0.05, 0.1) is 0 Å². The van der Waals surface area contributed by atoms with Gasteiger partial charge in [0.25, 0.3) is 0 Å². The fraction of sp³-hybridized carbons (Fsp3) is 0.0833. The minimum absolute atomic E-state index is 0.115. The molecule has 0 saturated heterocycles. The van der Waals surface area contributed by atoms with Crippen molar-refractivity contribution in [3.8, 4) is 22.3 Å². The summed E-state index contributed by atoms with van der Waals surface area (Å²) >= 11 is 0. The molecule has 0 nitrogen and oxygen atoms in total. The van der Waals surface area contributed by atoms with Crippen molar-refractivity contribution in [1.29, 1.82) is 0 Å². The summed E-state index contributed by atoms with van der Waals surface area (Å²) in [6.07, 6.45) is 0. The average Bonchev–Trinajstić information content (AvgIpc) is 3.12. The molecule has 0 radical (unpaired) electrons. The van der Waals surface area contributed by atoms with Gasteiger partial charge in [-0.1, -0.05) is 142 Å². The number of fused-ring (bicyclic) bond motifs is 6. The summed E-state index contributed by atoms with van der Waals surface area (Å²) in [5.41, 5.74) is 6.51. The fourth-order valence-corrected chi connectivity index (χ4v) is 8.03. The van der Waals surface area contributed by atoms with E-state index in [1.165, 1.54) is 103 Å². The monoisotopic (exact) mass is 610 g/mol. The molecule has 0 fully saturated rings. The van der Waals surface area contributed by atoms with Gasteiger partial charge in [0.1, 0.15) is 0 Å². The second kappa shape index (κ2) is 9.89. The molecule has 0 unspecified atom stereocenters. The van der Waals surface area contributed by atoms with Gasteiger partial charge in [-0.25, -0.2) is 0 Å². The Balaban J connectivity index is 1.13. The molecule has 0 N–H and O–H groups in total. The molecule has 0 heterocycles. The molecule has 10 aromatic rings. The Morgan fingerprint density at radius 2 is 0.688 bits per heavy atom. The first-order chi connectivity index (χ1) is 23.4. The van der Waals surface area contributed by atoms with Crippen LogP contribution in [-0.4, -0.2) is 0 Å². The summed E-state index contributed by atoms with van der Waals surface area (Å²) in [6, 6.07) is 57.3. The molecule has 10 aromatic carbocycles. The molecule has 0 spiro atoms. The van der Waals surface area contributed by atoms with Crippen LogP contribution in [0.4, 0.5) is 0 Å². The van der Waals surface area contributed by atoms with Crippen LogP contribution >= 0.6 is 0 Å². The fourth-order valence-electron chi connectivity index (χ4n) is 8.03. The van der Waals surface area contributed by atoms with Gasteiger partial charge in [0, 0.05) is 0 Å². The zero-order chi connectivity index (χ0) is 32.1. The molecule has 0 saturated carbocycles. The van der Waals surface area contributed by atoms with E-state index < -0.39 is 0 Å². The van der Waals surface area contributed by atoms with E-state index in [1.807, 2.05) is 0 Å². The van der Waals surface area contributed by atoms with Crippen molar-refractivity contribution in [1.82, 2.24) is 0 Å². The van der Waals surface area contributed by atoms with E-state index in [-0.39, 0.29) is 5.41 Å². The standard InChI is InChI=1S/C48H34/c1-48(2,3)41-25-38-16-14-36-23-40(24-37-15-17-39(26-41)47(38)46(36)37)35-13-10-31-19-20-42-43(45(31)28-35)21-18-30-9-12-34(27-44(30)42)33-11-8-29-6-4-5-7-32(29)22-33/h4-28H,1-3H3. The van der Waals surface area contributed by atoms with Crippen LogP contribution in [0.15, 0.2) is 152 Å². The minimum atomic E-state index is 0.115. The second-order valence-corrected chi connectivity index (χ2v) is 14.6. The summed E-state index contributed by atoms with van der Waals surface area (Å²) in [5.74, 6) is 0. The zero-order valence-electron chi connectivity index (χ0n) is 27.4. The van der Waals surface area contributed by atoms with Crippen molar-refractivity contribution in [2.75, 3.05) is 0 Å². The Kier molecular flexibility index (Phi) is 5.65. The van der Waals surface area contributed by atoms with Crippen LogP contribution in [0.1, 0.15) is 26.3 Å². The molecule has 0 amide bonds. The highest BCUT2D eigenvalue weighted by molar-refractivity contribution is 6.24. The van der Waals surface area contributed by atoms with E-state index in [0.717, 1.165) is 0 Å². The first-order valence-electron chi connectivity index (χ1n) is 17.0. The van der Waals surface area contributed by atoms with Crippen LogP contribution in [0.25, 0.3) is 97.7 Å². The molecule has 10 rings (SSSR count). The zero-order valence-corrected chi connectivity index (χ0v) is 27.4. The maximum atomic E-state index is 2.40. The minimum Gasteiger partial charge on any atom is -0.0616 e. The average molecular weight is 611 g/mol. The van der Waals surface area contributed by atoms with Crippen LogP contribution in [0, 0.1) is 0 Å². The summed E-state index contributed by atoms with van der Waals surface area (Å²) in [5, 5.41) is 18.3. The van der Waals surface area contributed by atoms with Crippen LogP contribution in [-0.2, 0) is 5.41 Å². The van der Waals surface area contributed by atoms with Gasteiger partial charge < -0.3 is 0 Å². The predicted octanol–water partition coefficient (Wildman–Crippen LogP) is 13.8. The third kappa shape index (κ3) is 4.16. The maximum absolute atomic E-state index is 2.40. The lowest BCUT2D eigenvalue weighted by molar-refractivity contribution is 0.591. The lowest BCUT2D eigenvalue weighted by atomic mass is 9.83. The van der Waals surface area contributed by atoms with Crippen molar-refractivity contribution in [2.45, 2.75) is 26.2 Å². The van der Waals surface area contributed by atoms with Gasteiger partial charge in [0.2, 0.25) is 0 Å². The molecule has 0 atom stereocenters. The van der Waals surface area contributed by atoms with Gasteiger partial charge >= 0.3 is 0 Å². The van der Waals surface area contributed by atoms with Crippen LogP contribution in [0.5, 0.6) is 0 Å². The Hall–Kier alpha value is -5.72. The molecule has 48 heavy (non-hydrogen) atoms. The second-order valence-electron chi connectivity index (χ2n) is 14.6. The Morgan fingerprint density at radius 3 is 1.23 bits per heavy atom. The first kappa shape index (κ1) is 27.4. The molecule has 0 bridgehead atoms. The van der Waals surface area contributed by atoms with Crippen molar-refractivity contribution in [2.24, 2.45) is 0 Å². The van der Waals surface area contributed by atoms with Crippen LogP contribution in [0.2, 0.25) is 0 Å². The van der Waals surface area contributed by atoms with Gasteiger partial charge in [-0.15, -0.1) is 0 Å². The van der Waals surface area contributed by atoms with E-state index in [0.29, 0.717) is 0 Å². The molecule has 0 aliphatic heterocycles. The summed E-state index contributed by atoms with van der Waals surface area (Å²) in [7, 11) is 0. The number of rotatable bonds is 2. The molecule has 226 valence electrons. The summed E-state index contributed by atoms with van der Waals surface area (Å²) in [4.78, 5) is 0. The molecular weight excluding hydrogens is 577 g/mol. The lowest BCUT2D eigenvalue weighted by Crippen LogP contribution is -2.10. The van der Waals surface area contributed by atoms with Crippen molar-refractivity contribution in [3.63, 3.8) is 0 Å². The predicted molar refractivity (Wildman–Crippen MR) is 210 cm³/mol. The highest BCUT2D eigenvalue weighted by atomic mass is 14.2. The molecule has 0 aromatic heterocycles. The Bertz CT molecular complexity index is 2850. The van der Waals surface area contributed by atoms with Gasteiger partial charge in [0.15, 0.2) is 0 Å². The quantitative estimate of drug-likeness (QED) is 0.171. The van der Waals surface area contributed by atoms with E-state index >= 15 is 0 Å². The third-order valence-electron chi connectivity index (χ3n) is 10.7. The third-order valence-corrected chi connectivity index (χ3v) is 10.7. The maximum Gasteiger partial charge on any atom is -0.00264 e. The number of hydrogen-bond donors (Lipinski definition) is 0. The molecule has 0 aliphatic rings. The largest absolute Gasteiger partial charge is 0.0616 e. The van der Waals surface area contributed by atoms with Crippen molar-refractivity contribution < 1.29 is 0 Å². The van der Waals surface area contributed by atoms with Crippen molar-refractivity contribution >= 4 is 75.4 Å². The van der Waals surface area contributed by atoms with Crippen LogP contribution in [0.3, 0.4) is 0 Å². The topological polar surface area (TPSA) is 0 Å². The number of hydrogen-bond acceptors (Lipinski definition) is 0.